The molecule has 0 aliphatic heterocycles. The van der Waals surface area contributed by atoms with Crippen LogP contribution in [0.3, 0.4) is 0 Å². The number of carbonyl (C=O) groups is 1. The summed E-state index contributed by atoms with van der Waals surface area (Å²) in [5.41, 5.74) is 11.4. The van der Waals surface area contributed by atoms with Crippen molar-refractivity contribution in [1.82, 2.24) is 4.90 Å². The van der Waals surface area contributed by atoms with Gasteiger partial charge in [-0.1, -0.05) is 0 Å². The van der Waals surface area contributed by atoms with Crippen LogP contribution in [-0.4, -0.2) is 45.0 Å². The highest BCUT2D eigenvalue weighted by Gasteiger charge is 2.13. The number of nitrogens with zero attached hydrogens (tertiary/aromatic N) is 2. The van der Waals surface area contributed by atoms with E-state index in [1.54, 1.807) is 6.07 Å². The Hall–Kier alpha value is -1.27. The van der Waals surface area contributed by atoms with Crippen molar-refractivity contribution in [3.05, 3.63) is 10.9 Å². The minimum absolute atomic E-state index is 0.437. The van der Waals surface area contributed by atoms with Crippen molar-refractivity contribution >= 4 is 27.9 Å². The predicted molar refractivity (Wildman–Crippen MR) is 69.1 cm³/mol. The molecule has 0 fully saturated rings. The summed E-state index contributed by atoms with van der Waals surface area (Å²) in [5.74, 6) is -0.463. The Bertz CT molecular complexity index is 375. The Morgan fingerprint density at radius 1 is 1.38 bits per heavy atom. The second-order valence-electron chi connectivity index (χ2n) is 3.96. The lowest BCUT2D eigenvalue weighted by Gasteiger charge is -2.19. The smallest absolute Gasteiger partial charge is 0.260 e. The van der Waals surface area contributed by atoms with Gasteiger partial charge < -0.3 is 21.3 Å². The van der Waals surface area contributed by atoms with Gasteiger partial charge in [-0.15, -0.1) is 11.3 Å². The molecule has 0 unspecified atom stereocenters. The lowest BCUT2D eigenvalue weighted by molar-refractivity contribution is 0.100. The van der Waals surface area contributed by atoms with Gasteiger partial charge in [-0.05, 0) is 20.2 Å². The molecule has 0 saturated heterocycles. The molecule has 0 radical (unpaired) electrons. The summed E-state index contributed by atoms with van der Waals surface area (Å²) in [6.07, 6.45) is 0. The van der Waals surface area contributed by atoms with Crippen LogP contribution >= 0.6 is 11.3 Å². The van der Waals surface area contributed by atoms with Crippen molar-refractivity contribution in [3.63, 3.8) is 0 Å². The zero-order valence-corrected chi connectivity index (χ0v) is 10.7. The molecular weight excluding hydrogens is 224 g/mol. The largest absolute Gasteiger partial charge is 0.397 e. The van der Waals surface area contributed by atoms with Crippen molar-refractivity contribution < 1.29 is 4.79 Å². The van der Waals surface area contributed by atoms with Crippen LogP contribution in [-0.2, 0) is 0 Å². The molecule has 1 aromatic heterocycles. The summed E-state index contributed by atoms with van der Waals surface area (Å²) in [6.45, 7) is 1.82. The van der Waals surface area contributed by atoms with E-state index in [1.165, 1.54) is 11.3 Å². The molecule has 1 aromatic rings. The number of hydrogen-bond acceptors (Lipinski definition) is 5. The van der Waals surface area contributed by atoms with E-state index in [-0.39, 0.29) is 0 Å². The van der Waals surface area contributed by atoms with Crippen molar-refractivity contribution in [2.45, 2.75) is 0 Å². The molecule has 6 heteroatoms. The van der Waals surface area contributed by atoms with Gasteiger partial charge in [-0.3, -0.25) is 4.79 Å². The number of thiophene rings is 1. The average molecular weight is 242 g/mol. The van der Waals surface area contributed by atoms with Crippen LogP contribution in [0.1, 0.15) is 9.67 Å². The second kappa shape index (κ2) is 5.18. The maximum absolute atomic E-state index is 11.0. The van der Waals surface area contributed by atoms with E-state index >= 15 is 0 Å². The topological polar surface area (TPSA) is 75.6 Å². The summed E-state index contributed by atoms with van der Waals surface area (Å²) < 4.78 is 0. The SMILES string of the molecule is CN(C)CCN(C)c1cc(N)c(C(N)=O)s1. The van der Waals surface area contributed by atoms with E-state index < -0.39 is 5.91 Å². The molecular formula is C10H18N4OS. The number of nitrogens with two attached hydrogens (primary N) is 2. The van der Waals surface area contributed by atoms with Gasteiger partial charge in [0.2, 0.25) is 0 Å². The van der Waals surface area contributed by atoms with Crippen LogP contribution in [0.25, 0.3) is 0 Å². The molecule has 0 aromatic carbocycles. The molecule has 1 rings (SSSR count). The van der Waals surface area contributed by atoms with Crippen LogP contribution in [0.4, 0.5) is 10.7 Å². The molecule has 90 valence electrons. The third-order valence-electron chi connectivity index (χ3n) is 2.23. The molecule has 16 heavy (non-hydrogen) atoms. The van der Waals surface area contributed by atoms with E-state index in [0.717, 1.165) is 18.1 Å². The number of carbonyl (C=O) groups excluding carboxylic acids is 1. The molecule has 4 N–H and O–H groups in total. The number of primary amides is 1. The Kier molecular flexibility index (Phi) is 4.14. The third kappa shape index (κ3) is 3.11. The number of amides is 1. The monoisotopic (exact) mass is 242 g/mol. The van der Waals surface area contributed by atoms with Crippen molar-refractivity contribution in [2.75, 3.05) is 44.9 Å². The Morgan fingerprint density at radius 2 is 2.00 bits per heavy atom. The lowest BCUT2D eigenvalue weighted by atomic mass is 10.4. The fourth-order valence-corrected chi connectivity index (χ4v) is 2.15. The molecule has 0 spiro atoms. The highest BCUT2D eigenvalue weighted by molar-refractivity contribution is 7.18. The molecule has 0 aliphatic rings. The highest BCUT2D eigenvalue weighted by Crippen LogP contribution is 2.30. The molecule has 0 aliphatic carbocycles. The average Bonchev–Trinajstić information content (AvgIpc) is 2.56. The first kappa shape index (κ1) is 12.8. The van der Waals surface area contributed by atoms with E-state index in [1.807, 2.05) is 21.1 Å². The van der Waals surface area contributed by atoms with E-state index in [9.17, 15) is 4.79 Å². The molecule has 0 saturated carbocycles. The summed E-state index contributed by atoms with van der Waals surface area (Å²) in [6, 6.07) is 1.79. The van der Waals surface area contributed by atoms with Crippen molar-refractivity contribution in [2.24, 2.45) is 5.73 Å². The van der Waals surface area contributed by atoms with E-state index in [4.69, 9.17) is 11.5 Å². The zero-order valence-electron chi connectivity index (χ0n) is 9.86. The minimum Gasteiger partial charge on any atom is -0.397 e. The number of nitrogen functional groups attached to an aromatic ring is 1. The van der Waals surface area contributed by atoms with Crippen LogP contribution in [0.5, 0.6) is 0 Å². The first-order valence-corrected chi connectivity index (χ1v) is 5.78. The molecule has 0 bridgehead atoms. The molecule has 1 heterocycles. The van der Waals surface area contributed by atoms with Gasteiger partial charge in [0.05, 0.1) is 10.7 Å². The summed E-state index contributed by atoms with van der Waals surface area (Å²) >= 11 is 1.34. The third-order valence-corrected chi connectivity index (χ3v) is 3.51. The van der Waals surface area contributed by atoms with Gasteiger partial charge in [0.15, 0.2) is 0 Å². The van der Waals surface area contributed by atoms with Gasteiger partial charge in [-0.25, -0.2) is 0 Å². The highest BCUT2D eigenvalue weighted by atomic mass is 32.1. The molecule has 1 amide bonds. The fraction of sp³-hybridized carbons (Fsp3) is 0.500. The molecule has 5 nitrogen and oxygen atoms in total. The van der Waals surface area contributed by atoms with Crippen molar-refractivity contribution in [3.8, 4) is 0 Å². The Labute approximate surface area is 99.6 Å². The predicted octanol–water partition coefficient (Wildman–Crippen LogP) is 0.427. The normalized spacial score (nSPS) is 10.8. The zero-order chi connectivity index (χ0) is 12.3. The summed E-state index contributed by atoms with van der Waals surface area (Å²) in [5, 5.41) is 0.966. The van der Waals surface area contributed by atoms with Gasteiger partial charge >= 0.3 is 0 Å². The summed E-state index contributed by atoms with van der Waals surface area (Å²) in [7, 11) is 6.01. The Balaban J connectivity index is 2.73. The van der Waals surface area contributed by atoms with Crippen molar-refractivity contribution in [1.29, 1.82) is 0 Å². The fourth-order valence-electron chi connectivity index (χ4n) is 1.23. The number of rotatable bonds is 5. The lowest BCUT2D eigenvalue weighted by Crippen LogP contribution is -2.27. The first-order chi connectivity index (χ1) is 7.41. The molecule has 0 atom stereocenters. The van der Waals surface area contributed by atoms with Gasteiger partial charge in [0.25, 0.3) is 5.91 Å². The quantitative estimate of drug-likeness (QED) is 0.785. The van der Waals surface area contributed by atoms with Gasteiger partial charge in [-0.2, -0.15) is 0 Å². The number of likely N-dealkylation sites (N-methyl/N-ethyl adjacent to an activating group) is 2. The van der Waals surface area contributed by atoms with Crippen LogP contribution in [0.2, 0.25) is 0 Å². The van der Waals surface area contributed by atoms with Gasteiger partial charge in [0.1, 0.15) is 4.88 Å². The van der Waals surface area contributed by atoms with Crippen LogP contribution in [0, 0.1) is 0 Å². The van der Waals surface area contributed by atoms with Crippen LogP contribution in [0.15, 0.2) is 6.07 Å². The summed E-state index contributed by atoms with van der Waals surface area (Å²) in [4.78, 5) is 15.6. The standard InChI is InChI=1S/C10H18N4OS/c1-13(2)4-5-14(3)8-6-7(11)9(16-8)10(12)15/h6H,4-5,11H2,1-3H3,(H2,12,15). The van der Waals surface area contributed by atoms with E-state index in [0.29, 0.717) is 10.6 Å². The maximum Gasteiger partial charge on any atom is 0.260 e. The first-order valence-electron chi connectivity index (χ1n) is 4.96. The Morgan fingerprint density at radius 3 is 2.44 bits per heavy atom. The second-order valence-corrected chi connectivity index (χ2v) is 4.99. The minimum atomic E-state index is -0.463. The van der Waals surface area contributed by atoms with Gasteiger partial charge in [0, 0.05) is 20.1 Å². The number of hydrogen-bond donors (Lipinski definition) is 2. The van der Waals surface area contributed by atoms with E-state index in [2.05, 4.69) is 9.80 Å². The van der Waals surface area contributed by atoms with Crippen LogP contribution < -0.4 is 16.4 Å². The maximum atomic E-state index is 11.0. The number of anilines is 2.